The fourth-order valence-electron chi connectivity index (χ4n) is 4.28. The third-order valence-electron chi connectivity index (χ3n) is 7.37. The molecule has 1 rings (SSSR count). The summed E-state index contributed by atoms with van der Waals surface area (Å²) in [5.41, 5.74) is 6.81. The fraction of sp³-hybridized carbons (Fsp3) is 0.700. The van der Waals surface area contributed by atoms with E-state index < -0.39 is 48.0 Å². The molecule has 0 unspecified atom stereocenters. The highest BCUT2D eigenvalue weighted by molar-refractivity contribution is 5.90. The molecule has 0 radical (unpaired) electrons. The van der Waals surface area contributed by atoms with Gasteiger partial charge in [-0.15, -0.1) is 0 Å². The van der Waals surface area contributed by atoms with Gasteiger partial charge in [-0.1, -0.05) is 78.7 Å². The van der Waals surface area contributed by atoms with Gasteiger partial charge in [-0.05, 0) is 36.8 Å². The number of aliphatic carboxylic acids is 1. The number of carboxylic acid groups (broad SMARTS) is 1. The van der Waals surface area contributed by atoms with Gasteiger partial charge >= 0.3 is 11.9 Å². The zero-order valence-electron chi connectivity index (χ0n) is 24.9. The topological polar surface area (TPSA) is 161 Å². The number of esters is 1. The number of hydrogen-bond donors (Lipinski definition) is 4. The second kappa shape index (κ2) is 19.1. The lowest BCUT2D eigenvalue weighted by atomic mass is 9.93. The quantitative estimate of drug-likeness (QED) is 0.138. The normalized spacial score (nSPS) is 15.7. The Morgan fingerprint density at radius 2 is 1.68 bits per heavy atom. The maximum absolute atomic E-state index is 13.2. The van der Waals surface area contributed by atoms with Crippen LogP contribution in [-0.2, 0) is 30.3 Å². The van der Waals surface area contributed by atoms with Gasteiger partial charge in [-0.3, -0.25) is 24.2 Å². The summed E-state index contributed by atoms with van der Waals surface area (Å²) >= 11 is 0. The van der Waals surface area contributed by atoms with Gasteiger partial charge in [0.1, 0.15) is 24.2 Å². The number of hydrogen-bond acceptors (Lipinski definition) is 7. The summed E-state index contributed by atoms with van der Waals surface area (Å²) in [7, 11) is 0. The van der Waals surface area contributed by atoms with Crippen molar-refractivity contribution in [2.75, 3.05) is 0 Å². The van der Waals surface area contributed by atoms with Crippen LogP contribution in [0.4, 0.5) is 0 Å². The number of amides is 2. The average Bonchev–Trinajstić information content (AvgIpc) is 2.93. The summed E-state index contributed by atoms with van der Waals surface area (Å²) in [6.45, 7) is 9.31. The second-order valence-corrected chi connectivity index (χ2v) is 10.9. The molecule has 0 saturated carbocycles. The van der Waals surface area contributed by atoms with Crippen molar-refractivity contribution in [2.24, 2.45) is 17.6 Å². The minimum atomic E-state index is -1.19. The number of aromatic nitrogens is 1. The molecule has 0 bridgehead atoms. The van der Waals surface area contributed by atoms with Gasteiger partial charge in [0.15, 0.2) is 0 Å². The van der Waals surface area contributed by atoms with Crippen molar-refractivity contribution in [1.29, 1.82) is 0 Å². The zero-order valence-corrected chi connectivity index (χ0v) is 24.9. The molecular formula is C30H50N4O6. The molecule has 0 aliphatic rings. The maximum Gasteiger partial charge on any atom is 0.325 e. The summed E-state index contributed by atoms with van der Waals surface area (Å²) in [4.78, 5) is 54.3. The third kappa shape index (κ3) is 13.4. The predicted octanol–water partition coefficient (Wildman–Crippen LogP) is 3.76. The lowest BCUT2D eigenvalue weighted by molar-refractivity contribution is -0.156. The number of nitrogens with two attached hydrogens (primary N) is 1. The van der Waals surface area contributed by atoms with Crippen molar-refractivity contribution in [2.45, 2.75) is 123 Å². The standard InChI is InChI=1S/C30H50N4O6/c1-6-8-9-10-11-12-14-21(4)25(40-30(39)27(31)20(3)7-2)18-26(35)34-24(17-23-15-13-16-32-19-23)28(36)33-22(5)29(37)38/h13,15-16,19-22,24-25,27H,6-12,14,17-18,31H2,1-5H3,(H,33,36)(H,34,35)(H,37,38)/t20-,21-,22-,24-,25-,27+/m0/s1. The Morgan fingerprint density at radius 3 is 2.27 bits per heavy atom. The van der Waals surface area contributed by atoms with Crippen molar-refractivity contribution < 1.29 is 29.0 Å². The Kier molecular flexibility index (Phi) is 16.7. The Bertz CT molecular complexity index is 913. The Morgan fingerprint density at radius 1 is 1.00 bits per heavy atom. The van der Waals surface area contributed by atoms with Crippen molar-refractivity contribution >= 4 is 23.8 Å². The van der Waals surface area contributed by atoms with E-state index >= 15 is 0 Å². The van der Waals surface area contributed by atoms with Crippen LogP contribution in [0.25, 0.3) is 0 Å². The number of carboxylic acids is 1. The first-order valence-electron chi connectivity index (χ1n) is 14.7. The monoisotopic (exact) mass is 562 g/mol. The largest absolute Gasteiger partial charge is 0.480 e. The van der Waals surface area contributed by atoms with Crippen molar-refractivity contribution in [1.82, 2.24) is 15.6 Å². The molecular weight excluding hydrogens is 512 g/mol. The van der Waals surface area contributed by atoms with Crippen molar-refractivity contribution in [3.05, 3.63) is 30.1 Å². The number of carbonyl (C=O) groups is 4. The van der Waals surface area contributed by atoms with Crippen LogP contribution >= 0.6 is 0 Å². The minimum Gasteiger partial charge on any atom is -0.480 e. The Balaban J connectivity index is 2.99. The summed E-state index contributed by atoms with van der Waals surface area (Å²) in [6, 6.07) is 0.522. The number of nitrogens with one attached hydrogen (secondary N) is 2. The first kappa shape index (κ1) is 35.0. The van der Waals surface area contributed by atoms with Crippen LogP contribution in [0, 0.1) is 11.8 Å². The fourth-order valence-corrected chi connectivity index (χ4v) is 4.28. The third-order valence-corrected chi connectivity index (χ3v) is 7.37. The second-order valence-electron chi connectivity index (χ2n) is 10.9. The van der Waals surface area contributed by atoms with Gasteiger partial charge < -0.3 is 26.2 Å². The van der Waals surface area contributed by atoms with E-state index in [0.29, 0.717) is 12.0 Å². The smallest absolute Gasteiger partial charge is 0.325 e. The van der Waals surface area contributed by atoms with E-state index in [1.807, 2.05) is 20.8 Å². The predicted molar refractivity (Wildman–Crippen MR) is 154 cm³/mol. The van der Waals surface area contributed by atoms with E-state index in [1.165, 1.54) is 26.2 Å². The highest BCUT2D eigenvalue weighted by Gasteiger charge is 2.31. The molecule has 0 spiro atoms. The van der Waals surface area contributed by atoms with E-state index in [0.717, 1.165) is 25.7 Å². The molecule has 0 saturated heterocycles. The summed E-state index contributed by atoms with van der Waals surface area (Å²) in [6.07, 6.45) is 10.7. The van der Waals surface area contributed by atoms with Gasteiger partial charge in [-0.25, -0.2) is 0 Å². The number of pyridine rings is 1. The van der Waals surface area contributed by atoms with Gasteiger partial charge in [-0.2, -0.15) is 0 Å². The van der Waals surface area contributed by atoms with Crippen molar-refractivity contribution in [3.8, 4) is 0 Å². The van der Waals surface area contributed by atoms with Gasteiger partial charge in [0.2, 0.25) is 11.8 Å². The lowest BCUT2D eigenvalue weighted by Gasteiger charge is -2.27. The summed E-state index contributed by atoms with van der Waals surface area (Å²) in [5.74, 6) is -2.99. The molecule has 6 atom stereocenters. The molecule has 10 heteroatoms. The van der Waals surface area contributed by atoms with Gasteiger partial charge in [0.05, 0.1) is 6.42 Å². The molecule has 0 aliphatic carbocycles. The molecule has 226 valence electrons. The molecule has 0 aliphatic heterocycles. The zero-order chi connectivity index (χ0) is 30.1. The van der Waals surface area contributed by atoms with Gasteiger partial charge in [0, 0.05) is 18.8 Å². The first-order valence-corrected chi connectivity index (χ1v) is 14.7. The average molecular weight is 563 g/mol. The van der Waals surface area contributed by atoms with Crippen LogP contribution in [-0.4, -0.2) is 58.1 Å². The van der Waals surface area contributed by atoms with E-state index in [-0.39, 0.29) is 24.7 Å². The van der Waals surface area contributed by atoms with E-state index in [9.17, 15) is 24.3 Å². The molecule has 0 fully saturated rings. The van der Waals surface area contributed by atoms with Gasteiger partial charge in [0.25, 0.3) is 0 Å². The molecule has 0 aromatic carbocycles. The Hall–Kier alpha value is -3.01. The Labute approximate surface area is 239 Å². The van der Waals surface area contributed by atoms with E-state index in [4.69, 9.17) is 10.5 Å². The molecule has 40 heavy (non-hydrogen) atoms. The first-order chi connectivity index (χ1) is 19.0. The molecule has 10 nitrogen and oxygen atoms in total. The maximum atomic E-state index is 13.2. The minimum absolute atomic E-state index is 0.0698. The van der Waals surface area contributed by atoms with E-state index in [2.05, 4.69) is 22.5 Å². The van der Waals surface area contributed by atoms with Crippen LogP contribution in [0.3, 0.4) is 0 Å². The molecule has 1 heterocycles. The van der Waals surface area contributed by atoms with E-state index in [1.54, 1.807) is 24.5 Å². The summed E-state index contributed by atoms with van der Waals surface area (Å²) in [5, 5.41) is 14.4. The number of unbranched alkanes of at least 4 members (excludes halogenated alkanes) is 5. The SMILES string of the molecule is CCCCCCCC[C@H](C)[C@H](CC(=O)N[C@@H](Cc1cccnc1)C(=O)N[C@@H](C)C(=O)O)OC(=O)[C@H](N)[C@@H](C)CC. The summed E-state index contributed by atoms with van der Waals surface area (Å²) < 4.78 is 5.81. The number of nitrogens with zero attached hydrogens (tertiary/aromatic N) is 1. The van der Waals surface area contributed by atoms with Crippen LogP contribution < -0.4 is 16.4 Å². The van der Waals surface area contributed by atoms with Crippen LogP contribution in [0.1, 0.15) is 98.0 Å². The highest BCUT2D eigenvalue weighted by atomic mass is 16.5. The number of carbonyl (C=O) groups excluding carboxylic acids is 3. The highest BCUT2D eigenvalue weighted by Crippen LogP contribution is 2.21. The van der Waals surface area contributed by atoms with Crippen LogP contribution in [0.15, 0.2) is 24.5 Å². The van der Waals surface area contributed by atoms with Crippen molar-refractivity contribution in [3.63, 3.8) is 0 Å². The van der Waals surface area contributed by atoms with Crippen LogP contribution in [0.2, 0.25) is 0 Å². The lowest BCUT2D eigenvalue weighted by Crippen LogP contribution is -2.52. The molecule has 1 aromatic rings. The molecule has 1 aromatic heterocycles. The van der Waals surface area contributed by atoms with Crippen LogP contribution in [0.5, 0.6) is 0 Å². The molecule has 5 N–H and O–H groups in total. The number of ether oxygens (including phenoxy) is 1. The molecule has 2 amide bonds. The number of rotatable bonds is 20.